The van der Waals surface area contributed by atoms with Gasteiger partial charge in [-0.05, 0) is 25.0 Å². The van der Waals surface area contributed by atoms with Gasteiger partial charge < -0.3 is 15.5 Å². The average molecular weight is 380 g/mol. The number of likely N-dealkylation sites (tertiary alicyclic amines) is 1. The van der Waals surface area contributed by atoms with Crippen molar-refractivity contribution in [3.05, 3.63) is 34.3 Å². The standard InChI is InChI=1S/C16H18BrN3O3/c17-12-3-1-2-11(8-12)13-9-14(23-19-13)16(22)20-6-4-10(5-7-20)15(18)21/h1-3,8,10,14H,4-7,9H2,(H2,18,21). The van der Waals surface area contributed by atoms with Crippen molar-refractivity contribution in [3.8, 4) is 0 Å². The Labute approximate surface area is 142 Å². The molecule has 1 aromatic carbocycles. The van der Waals surface area contributed by atoms with Gasteiger partial charge in [-0.2, -0.15) is 0 Å². The molecule has 1 aromatic rings. The predicted molar refractivity (Wildman–Crippen MR) is 88.7 cm³/mol. The van der Waals surface area contributed by atoms with Crippen molar-refractivity contribution in [2.24, 2.45) is 16.8 Å². The highest BCUT2D eigenvalue weighted by molar-refractivity contribution is 9.10. The Kier molecular flexibility index (Phi) is 4.66. The number of piperidine rings is 1. The molecule has 6 nitrogen and oxygen atoms in total. The zero-order valence-corrected chi connectivity index (χ0v) is 14.2. The first-order valence-electron chi connectivity index (χ1n) is 7.61. The van der Waals surface area contributed by atoms with Crippen molar-refractivity contribution in [1.82, 2.24) is 4.90 Å². The highest BCUT2D eigenvalue weighted by atomic mass is 79.9. The number of carbonyl (C=O) groups is 2. The summed E-state index contributed by atoms with van der Waals surface area (Å²) in [5.74, 6) is -0.479. The first-order valence-corrected chi connectivity index (χ1v) is 8.40. The van der Waals surface area contributed by atoms with Crippen molar-refractivity contribution < 1.29 is 14.4 Å². The Morgan fingerprint density at radius 2 is 2.04 bits per heavy atom. The van der Waals surface area contributed by atoms with Crippen LogP contribution in [0, 0.1) is 5.92 Å². The predicted octanol–water partition coefficient (Wildman–Crippen LogP) is 1.67. The fraction of sp³-hybridized carbons (Fsp3) is 0.438. The Bertz CT molecular complexity index is 654. The van der Waals surface area contributed by atoms with Gasteiger partial charge in [0.05, 0.1) is 5.71 Å². The largest absolute Gasteiger partial charge is 0.382 e. The molecule has 1 unspecified atom stereocenters. The fourth-order valence-electron chi connectivity index (χ4n) is 2.94. The van der Waals surface area contributed by atoms with Gasteiger partial charge in [0, 0.05) is 35.5 Å². The molecule has 2 amide bonds. The lowest BCUT2D eigenvalue weighted by atomic mass is 9.95. The van der Waals surface area contributed by atoms with E-state index in [1.54, 1.807) is 4.90 Å². The van der Waals surface area contributed by atoms with Gasteiger partial charge in [0.15, 0.2) is 0 Å². The molecule has 0 spiro atoms. The highest BCUT2D eigenvalue weighted by Gasteiger charge is 2.34. The van der Waals surface area contributed by atoms with Gasteiger partial charge >= 0.3 is 0 Å². The first-order chi connectivity index (χ1) is 11.0. The van der Waals surface area contributed by atoms with Crippen LogP contribution in [0.1, 0.15) is 24.8 Å². The second-order valence-corrected chi connectivity index (χ2v) is 6.76. The van der Waals surface area contributed by atoms with E-state index in [1.165, 1.54) is 0 Å². The van der Waals surface area contributed by atoms with Gasteiger partial charge in [-0.25, -0.2) is 0 Å². The first kappa shape index (κ1) is 16.0. The van der Waals surface area contributed by atoms with Crippen molar-refractivity contribution in [1.29, 1.82) is 0 Å². The second-order valence-electron chi connectivity index (χ2n) is 5.85. The van der Waals surface area contributed by atoms with Crippen LogP contribution in [0.15, 0.2) is 33.9 Å². The number of oxime groups is 1. The van der Waals surface area contributed by atoms with E-state index in [0.29, 0.717) is 32.4 Å². The van der Waals surface area contributed by atoms with E-state index in [4.69, 9.17) is 10.6 Å². The number of hydrogen-bond acceptors (Lipinski definition) is 4. The summed E-state index contributed by atoms with van der Waals surface area (Å²) < 4.78 is 0.959. The minimum Gasteiger partial charge on any atom is -0.382 e. The average Bonchev–Trinajstić information content (AvgIpc) is 3.04. The van der Waals surface area contributed by atoms with Crippen LogP contribution in [0.25, 0.3) is 0 Å². The number of halogens is 1. The lowest BCUT2D eigenvalue weighted by Crippen LogP contribution is -2.45. The van der Waals surface area contributed by atoms with Crippen LogP contribution in [0.3, 0.4) is 0 Å². The van der Waals surface area contributed by atoms with E-state index >= 15 is 0 Å². The van der Waals surface area contributed by atoms with Crippen molar-refractivity contribution >= 4 is 33.5 Å². The zero-order valence-electron chi connectivity index (χ0n) is 12.6. The molecule has 122 valence electrons. The Hall–Kier alpha value is -1.89. The molecular weight excluding hydrogens is 362 g/mol. The Morgan fingerprint density at radius 1 is 1.30 bits per heavy atom. The maximum atomic E-state index is 12.5. The Morgan fingerprint density at radius 3 is 2.70 bits per heavy atom. The van der Waals surface area contributed by atoms with E-state index in [2.05, 4.69) is 21.1 Å². The van der Waals surface area contributed by atoms with Gasteiger partial charge in [-0.15, -0.1) is 0 Å². The van der Waals surface area contributed by atoms with Crippen molar-refractivity contribution in [2.45, 2.75) is 25.4 Å². The third-order valence-corrected chi connectivity index (χ3v) is 4.80. The number of nitrogens with two attached hydrogens (primary N) is 1. The minimum atomic E-state index is -0.575. The molecule has 1 atom stereocenters. The van der Waals surface area contributed by atoms with Gasteiger partial charge in [0.2, 0.25) is 12.0 Å². The lowest BCUT2D eigenvalue weighted by molar-refractivity contribution is -0.144. The van der Waals surface area contributed by atoms with Crippen LogP contribution in [-0.2, 0) is 14.4 Å². The van der Waals surface area contributed by atoms with E-state index in [-0.39, 0.29) is 17.7 Å². The van der Waals surface area contributed by atoms with Crippen LogP contribution >= 0.6 is 15.9 Å². The molecule has 23 heavy (non-hydrogen) atoms. The molecule has 0 bridgehead atoms. The monoisotopic (exact) mass is 379 g/mol. The minimum absolute atomic E-state index is 0.0679. The van der Waals surface area contributed by atoms with Crippen LogP contribution < -0.4 is 5.73 Å². The molecule has 1 saturated heterocycles. The number of primary amides is 1. The number of amides is 2. The van der Waals surface area contributed by atoms with Gasteiger partial charge in [-0.1, -0.05) is 33.2 Å². The van der Waals surface area contributed by atoms with Crippen molar-refractivity contribution in [2.75, 3.05) is 13.1 Å². The summed E-state index contributed by atoms with van der Waals surface area (Å²) >= 11 is 3.42. The van der Waals surface area contributed by atoms with Crippen molar-refractivity contribution in [3.63, 3.8) is 0 Å². The van der Waals surface area contributed by atoms with Crippen LogP contribution in [0.2, 0.25) is 0 Å². The number of hydrogen-bond donors (Lipinski definition) is 1. The lowest BCUT2D eigenvalue weighted by Gasteiger charge is -2.31. The van der Waals surface area contributed by atoms with Crippen LogP contribution in [-0.4, -0.2) is 41.6 Å². The summed E-state index contributed by atoms with van der Waals surface area (Å²) in [6.45, 7) is 1.08. The SMILES string of the molecule is NC(=O)C1CCN(C(=O)C2CC(c3cccc(Br)c3)=NO2)CC1. The van der Waals surface area contributed by atoms with Crippen LogP contribution in [0.4, 0.5) is 0 Å². The third kappa shape index (κ3) is 3.55. The van der Waals surface area contributed by atoms with Gasteiger partial charge in [-0.3, -0.25) is 9.59 Å². The molecule has 2 N–H and O–H groups in total. The van der Waals surface area contributed by atoms with E-state index < -0.39 is 6.10 Å². The number of nitrogens with zero attached hydrogens (tertiary/aromatic N) is 2. The van der Waals surface area contributed by atoms with Gasteiger partial charge in [0.25, 0.3) is 5.91 Å². The highest BCUT2D eigenvalue weighted by Crippen LogP contribution is 2.23. The molecule has 0 aromatic heterocycles. The zero-order chi connectivity index (χ0) is 16.4. The maximum Gasteiger partial charge on any atom is 0.266 e. The van der Waals surface area contributed by atoms with Gasteiger partial charge in [0.1, 0.15) is 0 Å². The fourth-order valence-corrected chi connectivity index (χ4v) is 3.34. The van der Waals surface area contributed by atoms with E-state index in [0.717, 1.165) is 15.7 Å². The molecule has 0 aliphatic carbocycles. The third-order valence-electron chi connectivity index (χ3n) is 4.31. The summed E-state index contributed by atoms with van der Waals surface area (Å²) in [7, 11) is 0. The molecule has 7 heteroatoms. The van der Waals surface area contributed by atoms with Crippen LogP contribution in [0.5, 0.6) is 0 Å². The topological polar surface area (TPSA) is 85.0 Å². The maximum absolute atomic E-state index is 12.5. The number of carbonyl (C=O) groups excluding carboxylic acids is 2. The summed E-state index contributed by atoms with van der Waals surface area (Å²) in [5.41, 5.74) is 7.04. The number of rotatable bonds is 3. The Balaban J connectivity index is 1.58. The summed E-state index contributed by atoms with van der Waals surface area (Å²) in [6, 6.07) is 7.75. The molecule has 0 radical (unpaired) electrons. The summed E-state index contributed by atoms with van der Waals surface area (Å²) in [5, 5.41) is 4.06. The molecule has 2 heterocycles. The smallest absolute Gasteiger partial charge is 0.266 e. The number of benzene rings is 1. The molecular formula is C16H18BrN3O3. The molecule has 3 rings (SSSR count). The van der Waals surface area contributed by atoms with E-state index in [1.807, 2.05) is 24.3 Å². The normalized spacial score (nSPS) is 21.7. The second kappa shape index (κ2) is 6.70. The molecule has 2 aliphatic rings. The van der Waals surface area contributed by atoms with E-state index in [9.17, 15) is 9.59 Å². The quantitative estimate of drug-likeness (QED) is 0.866. The summed E-state index contributed by atoms with van der Waals surface area (Å²) in [4.78, 5) is 30.8. The molecule has 0 saturated carbocycles. The molecule has 2 aliphatic heterocycles. The molecule has 1 fully saturated rings. The summed E-state index contributed by atoms with van der Waals surface area (Å²) in [6.07, 6.45) is 1.12.